The second-order valence-corrected chi connectivity index (χ2v) is 5.61. The van der Waals surface area contributed by atoms with E-state index in [4.69, 9.17) is 14.2 Å². The number of hydrogen-bond donors (Lipinski definition) is 3. The number of ether oxygens (including phenoxy) is 3. The molecule has 0 aromatic heterocycles. The summed E-state index contributed by atoms with van der Waals surface area (Å²) in [7, 11) is 1.59. The first-order chi connectivity index (χ1) is 12.6. The molecule has 0 saturated heterocycles. The van der Waals surface area contributed by atoms with Crippen molar-refractivity contribution in [3.63, 3.8) is 0 Å². The second kappa shape index (κ2) is 9.67. The predicted octanol–water partition coefficient (Wildman–Crippen LogP) is 1.18. The van der Waals surface area contributed by atoms with E-state index in [-0.39, 0.29) is 12.6 Å². The normalized spacial score (nSPS) is 16.6. The first-order valence-electron chi connectivity index (χ1n) is 8.51. The van der Waals surface area contributed by atoms with Crippen molar-refractivity contribution in [2.45, 2.75) is 19.9 Å². The summed E-state index contributed by atoms with van der Waals surface area (Å²) in [5.74, 6) is 0.890. The Balaban J connectivity index is 1.90. The molecule has 0 radical (unpaired) electrons. The molecule has 0 saturated carbocycles. The standard InChI is InChI=1S/C18H25N3O5/c1-4-25-17(22)16-12(2)20-18(23)21-13(16)11-19-9-10-26-15-8-6-5-7-14(15)24-3/h5-8,12,19H,4,9-11H2,1-3H3,(H2,20,21,23). The molecular weight excluding hydrogens is 338 g/mol. The zero-order chi connectivity index (χ0) is 18.9. The van der Waals surface area contributed by atoms with E-state index < -0.39 is 12.0 Å². The van der Waals surface area contributed by atoms with Crippen molar-refractivity contribution in [2.75, 3.05) is 33.4 Å². The molecule has 1 heterocycles. The number of amides is 2. The molecule has 0 fully saturated rings. The molecular formula is C18H25N3O5. The van der Waals surface area contributed by atoms with Gasteiger partial charge in [0.2, 0.25) is 0 Å². The Labute approximate surface area is 152 Å². The lowest BCUT2D eigenvalue weighted by Gasteiger charge is -2.26. The smallest absolute Gasteiger partial charge is 0.337 e. The van der Waals surface area contributed by atoms with Crippen molar-refractivity contribution in [3.8, 4) is 11.5 Å². The van der Waals surface area contributed by atoms with Gasteiger partial charge in [0.1, 0.15) is 6.61 Å². The molecule has 0 bridgehead atoms. The van der Waals surface area contributed by atoms with E-state index in [2.05, 4.69) is 16.0 Å². The number of rotatable bonds is 9. The summed E-state index contributed by atoms with van der Waals surface area (Å²) in [5.41, 5.74) is 0.932. The maximum Gasteiger partial charge on any atom is 0.337 e. The van der Waals surface area contributed by atoms with Crippen LogP contribution in [-0.2, 0) is 9.53 Å². The minimum absolute atomic E-state index is 0.274. The van der Waals surface area contributed by atoms with Crippen LogP contribution < -0.4 is 25.4 Å². The predicted molar refractivity (Wildman–Crippen MR) is 96.1 cm³/mol. The minimum Gasteiger partial charge on any atom is -0.493 e. The Hall–Kier alpha value is -2.74. The third-order valence-electron chi connectivity index (χ3n) is 3.77. The third-order valence-corrected chi connectivity index (χ3v) is 3.77. The van der Waals surface area contributed by atoms with Gasteiger partial charge in [0.25, 0.3) is 0 Å². The molecule has 1 aliphatic rings. The first-order valence-corrected chi connectivity index (χ1v) is 8.51. The van der Waals surface area contributed by atoms with Crippen molar-refractivity contribution >= 4 is 12.0 Å². The van der Waals surface area contributed by atoms with Gasteiger partial charge < -0.3 is 30.2 Å². The van der Waals surface area contributed by atoms with Gasteiger partial charge in [-0.3, -0.25) is 0 Å². The average molecular weight is 363 g/mol. The summed E-state index contributed by atoms with van der Waals surface area (Å²) in [6.07, 6.45) is 0. The summed E-state index contributed by atoms with van der Waals surface area (Å²) in [6.45, 7) is 5.01. The highest BCUT2D eigenvalue weighted by atomic mass is 16.5. The lowest BCUT2D eigenvalue weighted by Crippen LogP contribution is -2.51. The fourth-order valence-electron chi connectivity index (χ4n) is 2.60. The topological polar surface area (TPSA) is 97.9 Å². The molecule has 3 N–H and O–H groups in total. The van der Waals surface area contributed by atoms with Gasteiger partial charge in [0, 0.05) is 18.8 Å². The summed E-state index contributed by atoms with van der Waals surface area (Å²) < 4.78 is 16.0. The fourth-order valence-corrected chi connectivity index (χ4v) is 2.60. The Morgan fingerprint density at radius 3 is 2.69 bits per heavy atom. The van der Waals surface area contributed by atoms with Crippen LogP contribution in [0.3, 0.4) is 0 Å². The lowest BCUT2D eigenvalue weighted by atomic mass is 10.0. The first kappa shape index (κ1) is 19.6. The number of carbonyl (C=O) groups excluding carboxylic acids is 2. The van der Waals surface area contributed by atoms with Crippen LogP contribution in [0.15, 0.2) is 35.5 Å². The Morgan fingerprint density at radius 2 is 2.00 bits per heavy atom. The molecule has 1 aliphatic heterocycles. The van der Waals surface area contributed by atoms with Gasteiger partial charge in [-0.1, -0.05) is 12.1 Å². The Kier molecular flexibility index (Phi) is 7.28. The van der Waals surface area contributed by atoms with E-state index in [0.29, 0.717) is 42.5 Å². The Morgan fingerprint density at radius 1 is 1.27 bits per heavy atom. The van der Waals surface area contributed by atoms with Gasteiger partial charge >= 0.3 is 12.0 Å². The number of methoxy groups -OCH3 is 1. The summed E-state index contributed by atoms with van der Waals surface area (Å²) in [5, 5.41) is 8.48. The number of hydrogen-bond acceptors (Lipinski definition) is 6. The summed E-state index contributed by atoms with van der Waals surface area (Å²) in [4.78, 5) is 23.8. The van der Waals surface area contributed by atoms with Gasteiger partial charge in [0.15, 0.2) is 11.5 Å². The number of carbonyl (C=O) groups is 2. The van der Waals surface area contributed by atoms with Crippen LogP contribution in [0.1, 0.15) is 13.8 Å². The summed E-state index contributed by atoms with van der Waals surface area (Å²) in [6, 6.07) is 6.64. The molecule has 2 rings (SSSR count). The van der Waals surface area contributed by atoms with E-state index in [1.165, 1.54) is 0 Å². The van der Waals surface area contributed by atoms with E-state index in [9.17, 15) is 9.59 Å². The van der Waals surface area contributed by atoms with Crippen LogP contribution in [0.4, 0.5) is 4.79 Å². The molecule has 0 aliphatic carbocycles. The maximum absolute atomic E-state index is 12.1. The van der Waals surface area contributed by atoms with Gasteiger partial charge in [-0.2, -0.15) is 0 Å². The van der Waals surface area contributed by atoms with Crippen LogP contribution in [0, 0.1) is 0 Å². The van der Waals surface area contributed by atoms with Crippen LogP contribution in [0.2, 0.25) is 0 Å². The maximum atomic E-state index is 12.1. The number of urea groups is 1. The zero-order valence-electron chi connectivity index (χ0n) is 15.3. The van der Waals surface area contributed by atoms with Crippen LogP contribution in [0.5, 0.6) is 11.5 Å². The van der Waals surface area contributed by atoms with Gasteiger partial charge in [-0.25, -0.2) is 9.59 Å². The number of esters is 1. The van der Waals surface area contributed by atoms with Gasteiger partial charge in [-0.05, 0) is 26.0 Å². The van der Waals surface area contributed by atoms with Crippen LogP contribution in [-0.4, -0.2) is 51.5 Å². The number of nitrogens with one attached hydrogen (secondary N) is 3. The lowest BCUT2D eigenvalue weighted by molar-refractivity contribution is -0.139. The highest BCUT2D eigenvalue weighted by Gasteiger charge is 2.29. The van der Waals surface area contributed by atoms with E-state index in [0.717, 1.165) is 0 Å². The van der Waals surface area contributed by atoms with Gasteiger partial charge in [-0.15, -0.1) is 0 Å². The van der Waals surface area contributed by atoms with Crippen LogP contribution in [0.25, 0.3) is 0 Å². The molecule has 142 valence electrons. The monoisotopic (exact) mass is 363 g/mol. The van der Waals surface area contributed by atoms with Crippen molar-refractivity contribution in [1.29, 1.82) is 0 Å². The van der Waals surface area contributed by atoms with Crippen LogP contribution >= 0.6 is 0 Å². The van der Waals surface area contributed by atoms with Gasteiger partial charge in [0.05, 0.1) is 25.3 Å². The highest BCUT2D eigenvalue weighted by Crippen LogP contribution is 2.25. The molecule has 1 aromatic rings. The number of benzene rings is 1. The molecule has 8 heteroatoms. The SMILES string of the molecule is CCOC(=O)C1=C(CNCCOc2ccccc2OC)NC(=O)NC1C. The Bertz CT molecular complexity index is 675. The molecule has 1 unspecified atom stereocenters. The van der Waals surface area contributed by atoms with Crippen molar-refractivity contribution in [3.05, 3.63) is 35.5 Å². The second-order valence-electron chi connectivity index (χ2n) is 5.61. The highest BCUT2D eigenvalue weighted by molar-refractivity contribution is 5.94. The number of para-hydroxylation sites is 2. The molecule has 2 amide bonds. The zero-order valence-corrected chi connectivity index (χ0v) is 15.3. The fraction of sp³-hybridized carbons (Fsp3) is 0.444. The van der Waals surface area contributed by atoms with Crippen molar-refractivity contribution < 1.29 is 23.8 Å². The van der Waals surface area contributed by atoms with E-state index in [1.807, 2.05) is 24.3 Å². The molecule has 26 heavy (non-hydrogen) atoms. The third kappa shape index (κ3) is 5.13. The van der Waals surface area contributed by atoms with E-state index >= 15 is 0 Å². The molecule has 8 nitrogen and oxygen atoms in total. The van der Waals surface area contributed by atoms with Crippen molar-refractivity contribution in [1.82, 2.24) is 16.0 Å². The summed E-state index contributed by atoms with van der Waals surface area (Å²) >= 11 is 0. The average Bonchev–Trinajstić information content (AvgIpc) is 2.61. The molecule has 1 aromatic carbocycles. The quantitative estimate of drug-likeness (QED) is 0.450. The molecule has 1 atom stereocenters. The molecule has 0 spiro atoms. The minimum atomic E-state index is -0.436. The van der Waals surface area contributed by atoms with E-state index in [1.54, 1.807) is 21.0 Å². The van der Waals surface area contributed by atoms with Crippen molar-refractivity contribution in [2.24, 2.45) is 0 Å². The largest absolute Gasteiger partial charge is 0.493 e.